The summed E-state index contributed by atoms with van der Waals surface area (Å²) in [5.41, 5.74) is 4.29. The van der Waals surface area contributed by atoms with Crippen molar-refractivity contribution in [2.75, 3.05) is 26.7 Å². The minimum absolute atomic E-state index is 0.0768. The van der Waals surface area contributed by atoms with E-state index >= 15 is 0 Å². The molecule has 8 heteroatoms. The number of fused-ring (bicyclic) bond motifs is 1. The second-order valence-corrected chi connectivity index (χ2v) is 8.93. The Morgan fingerprint density at radius 1 is 1.21 bits per heavy atom. The maximum absolute atomic E-state index is 13.7. The molecule has 1 amide bonds. The molecule has 34 heavy (non-hydrogen) atoms. The molecule has 7 nitrogen and oxygen atoms in total. The molecule has 2 aromatic carbocycles. The van der Waals surface area contributed by atoms with Gasteiger partial charge in [-0.1, -0.05) is 23.7 Å². The van der Waals surface area contributed by atoms with E-state index in [-0.39, 0.29) is 17.9 Å². The lowest BCUT2D eigenvalue weighted by Gasteiger charge is -2.40. The van der Waals surface area contributed by atoms with E-state index in [0.29, 0.717) is 22.9 Å². The first-order valence-electron chi connectivity index (χ1n) is 11.3. The zero-order valence-electron chi connectivity index (χ0n) is 19.1. The molecule has 0 saturated carbocycles. The first kappa shape index (κ1) is 22.4. The molecule has 2 N–H and O–H groups in total. The summed E-state index contributed by atoms with van der Waals surface area (Å²) in [6.07, 6.45) is 5.37. The van der Waals surface area contributed by atoms with E-state index < -0.39 is 0 Å². The molecule has 0 bridgehead atoms. The van der Waals surface area contributed by atoms with Crippen molar-refractivity contribution in [3.63, 3.8) is 0 Å². The molecule has 1 aliphatic rings. The molecule has 1 atom stereocenters. The average Bonchev–Trinajstić information content (AvgIpc) is 3.30. The molecule has 1 aliphatic heterocycles. The maximum Gasteiger partial charge on any atom is 0.254 e. The van der Waals surface area contributed by atoms with Crippen molar-refractivity contribution >= 4 is 28.4 Å². The number of carbonyl (C=O) groups excluding carboxylic acids is 1. The quantitative estimate of drug-likeness (QED) is 0.404. The number of carbonyl (C=O) groups is 1. The number of aromatic amines is 1. The van der Waals surface area contributed by atoms with E-state index in [2.05, 4.69) is 20.5 Å². The van der Waals surface area contributed by atoms with E-state index in [4.69, 9.17) is 16.3 Å². The molecule has 2 aromatic heterocycles. The third-order valence-electron chi connectivity index (χ3n) is 6.36. The van der Waals surface area contributed by atoms with Gasteiger partial charge in [0.05, 0.1) is 24.4 Å². The number of nitrogens with zero attached hydrogens (tertiary/aromatic N) is 3. The Kier molecular flexibility index (Phi) is 6.22. The van der Waals surface area contributed by atoms with Crippen LogP contribution in [0.1, 0.15) is 28.9 Å². The van der Waals surface area contributed by atoms with Gasteiger partial charge in [-0.05, 0) is 42.8 Å². The molecule has 4 aromatic rings. The summed E-state index contributed by atoms with van der Waals surface area (Å²) in [4.78, 5) is 19.9. The highest BCUT2D eigenvalue weighted by Gasteiger charge is 2.35. The minimum atomic E-state index is -0.145. The van der Waals surface area contributed by atoms with Crippen LogP contribution in [0.2, 0.25) is 5.02 Å². The smallest absolute Gasteiger partial charge is 0.254 e. The summed E-state index contributed by atoms with van der Waals surface area (Å²) >= 11 is 6.20. The van der Waals surface area contributed by atoms with Crippen LogP contribution in [-0.2, 0) is 0 Å². The number of nitrogens with one attached hydrogen (secondary N) is 2. The normalized spacial score (nSPS) is 14.6. The van der Waals surface area contributed by atoms with Gasteiger partial charge in [-0.25, -0.2) is 0 Å². The standard InChI is InChI=1S/C26H26ClN5O2/c1-3-34-23-10-17(7-8-21(23)16-5-4-6-20(27)9-16)26(33)32(2)25(19-12-28-13-19)22-15-29-11-18-14-30-31-24(18)22/h4-11,14-15,19,25,28H,3,12-13H2,1-2H3,(H,30,31)/t25-/m0/s1. The van der Waals surface area contributed by atoms with E-state index in [1.54, 1.807) is 12.4 Å². The van der Waals surface area contributed by atoms with Crippen LogP contribution in [0.15, 0.2) is 61.1 Å². The van der Waals surface area contributed by atoms with Gasteiger partial charge in [0.25, 0.3) is 5.91 Å². The van der Waals surface area contributed by atoms with Gasteiger partial charge in [0.2, 0.25) is 0 Å². The van der Waals surface area contributed by atoms with Crippen LogP contribution in [0.4, 0.5) is 0 Å². The molecular formula is C26H26ClN5O2. The molecule has 1 fully saturated rings. The number of ether oxygens (including phenoxy) is 1. The first-order valence-corrected chi connectivity index (χ1v) is 11.7. The van der Waals surface area contributed by atoms with Crippen molar-refractivity contribution in [2.45, 2.75) is 13.0 Å². The number of benzene rings is 2. The number of pyridine rings is 1. The summed E-state index contributed by atoms with van der Waals surface area (Å²) in [5.74, 6) is 0.858. The molecule has 5 rings (SSSR count). The Bertz CT molecular complexity index is 1330. The number of amides is 1. The SMILES string of the molecule is CCOc1cc(C(=O)N(C)[C@H](c2cncc3cn[nH]c23)C2CNC2)ccc1-c1cccc(Cl)c1. The molecule has 174 valence electrons. The van der Waals surface area contributed by atoms with Crippen molar-refractivity contribution in [1.29, 1.82) is 0 Å². The molecule has 0 radical (unpaired) electrons. The molecule has 0 aliphatic carbocycles. The van der Waals surface area contributed by atoms with Gasteiger partial charge in [0, 0.05) is 65.5 Å². The average molecular weight is 476 g/mol. The monoisotopic (exact) mass is 475 g/mol. The van der Waals surface area contributed by atoms with Crippen molar-refractivity contribution in [3.8, 4) is 16.9 Å². The summed E-state index contributed by atoms with van der Waals surface area (Å²) in [7, 11) is 1.85. The van der Waals surface area contributed by atoms with Crippen LogP contribution in [0.5, 0.6) is 5.75 Å². The highest BCUT2D eigenvalue weighted by atomic mass is 35.5. The van der Waals surface area contributed by atoms with E-state index in [0.717, 1.165) is 40.7 Å². The van der Waals surface area contributed by atoms with Crippen LogP contribution in [0, 0.1) is 5.92 Å². The van der Waals surface area contributed by atoms with Gasteiger partial charge < -0.3 is 15.0 Å². The molecular weight excluding hydrogens is 450 g/mol. The van der Waals surface area contributed by atoms with Gasteiger partial charge in [-0.2, -0.15) is 5.10 Å². The fourth-order valence-electron chi connectivity index (χ4n) is 4.58. The Morgan fingerprint density at radius 3 is 2.79 bits per heavy atom. The topological polar surface area (TPSA) is 83.1 Å². The summed E-state index contributed by atoms with van der Waals surface area (Å²) in [6.45, 7) is 4.10. The number of halogens is 1. The van der Waals surface area contributed by atoms with Gasteiger partial charge in [0.1, 0.15) is 5.75 Å². The second kappa shape index (κ2) is 9.44. The summed E-state index contributed by atoms with van der Waals surface area (Å²) in [5, 5.41) is 12.2. The minimum Gasteiger partial charge on any atom is -0.493 e. The maximum atomic E-state index is 13.7. The van der Waals surface area contributed by atoms with Crippen LogP contribution < -0.4 is 10.1 Å². The van der Waals surface area contributed by atoms with Crippen molar-refractivity contribution in [1.82, 2.24) is 25.4 Å². The molecule has 1 saturated heterocycles. The van der Waals surface area contributed by atoms with Crippen LogP contribution >= 0.6 is 11.6 Å². The molecule has 0 spiro atoms. The van der Waals surface area contributed by atoms with Gasteiger partial charge in [0.15, 0.2) is 0 Å². The Morgan fingerprint density at radius 2 is 2.06 bits per heavy atom. The Balaban J connectivity index is 1.51. The fraction of sp³-hybridized carbons (Fsp3) is 0.269. The van der Waals surface area contributed by atoms with Gasteiger partial charge in [-0.3, -0.25) is 14.9 Å². The zero-order chi connectivity index (χ0) is 23.7. The first-order chi connectivity index (χ1) is 16.6. The largest absolute Gasteiger partial charge is 0.493 e. The number of rotatable bonds is 7. The molecule has 3 heterocycles. The third kappa shape index (κ3) is 4.13. The Labute approximate surface area is 203 Å². The van der Waals surface area contributed by atoms with Gasteiger partial charge >= 0.3 is 0 Å². The fourth-order valence-corrected chi connectivity index (χ4v) is 4.77. The highest BCUT2D eigenvalue weighted by Crippen LogP contribution is 2.36. The predicted molar refractivity (Wildman–Crippen MR) is 133 cm³/mol. The summed E-state index contributed by atoms with van der Waals surface area (Å²) in [6, 6.07) is 13.1. The van der Waals surface area contributed by atoms with Gasteiger partial charge in [-0.15, -0.1) is 0 Å². The van der Waals surface area contributed by atoms with Crippen LogP contribution in [0.3, 0.4) is 0 Å². The third-order valence-corrected chi connectivity index (χ3v) is 6.60. The summed E-state index contributed by atoms with van der Waals surface area (Å²) < 4.78 is 5.93. The lowest BCUT2D eigenvalue weighted by molar-refractivity contribution is 0.0626. The number of hydrogen-bond donors (Lipinski definition) is 2. The van der Waals surface area contributed by atoms with Crippen LogP contribution in [0.25, 0.3) is 22.0 Å². The predicted octanol–water partition coefficient (Wildman–Crippen LogP) is 4.71. The number of aromatic nitrogens is 3. The second-order valence-electron chi connectivity index (χ2n) is 8.50. The highest BCUT2D eigenvalue weighted by molar-refractivity contribution is 6.30. The number of hydrogen-bond acceptors (Lipinski definition) is 5. The van der Waals surface area contributed by atoms with E-state index in [1.807, 2.05) is 67.5 Å². The zero-order valence-corrected chi connectivity index (χ0v) is 19.8. The van der Waals surface area contributed by atoms with E-state index in [9.17, 15) is 4.79 Å². The Hall–Kier alpha value is -3.42. The van der Waals surface area contributed by atoms with Crippen molar-refractivity contribution in [3.05, 3.63) is 77.2 Å². The van der Waals surface area contributed by atoms with Crippen LogP contribution in [-0.4, -0.2) is 52.7 Å². The van der Waals surface area contributed by atoms with Crippen molar-refractivity contribution in [2.24, 2.45) is 5.92 Å². The lowest BCUT2D eigenvalue weighted by Crippen LogP contribution is -2.50. The molecule has 0 unspecified atom stereocenters. The lowest BCUT2D eigenvalue weighted by atomic mass is 9.87. The van der Waals surface area contributed by atoms with Crippen molar-refractivity contribution < 1.29 is 9.53 Å². The number of H-pyrrole nitrogens is 1. The van der Waals surface area contributed by atoms with E-state index in [1.165, 1.54) is 0 Å².